The Morgan fingerprint density at radius 1 is 0.750 bits per heavy atom. The van der Waals surface area contributed by atoms with Gasteiger partial charge in [-0.25, -0.2) is 9.05 Å². The van der Waals surface area contributed by atoms with Crippen molar-refractivity contribution in [3.63, 3.8) is 0 Å². The molecule has 9 nitrogen and oxygen atoms in total. The molecule has 2 aromatic carbocycles. The Hall–Kier alpha value is -3.06. The molecular weight excluding hydrogens is 339 g/mol. The zero-order valence-corrected chi connectivity index (χ0v) is 13.1. The van der Waals surface area contributed by atoms with Gasteiger partial charge in [-0.1, -0.05) is 0 Å². The lowest BCUT2D eigenvalue weighted by Crippen LogP contribution is -1.96. The number of benzene rings is 2. The van der Waals surface area contributed by atoms with Crippen molar-refractivity contribution < 1.29 is 32.6 Å². The van der Waals surface area contributed by atoms with E-state index in [2.05, 4.69) is 0 Å². The Kier molecular flexibility index (Phi) is 3.35. The first-order chi connectivity index (χ1) is 11.6. The van der Waals surface area contributed by atoms with E-state index in [-0.39, 0.29) is 36.5 Å². The molecule has 0 fully saturated rings. The predicted molar refractivity (Wildman–Crippen MR) is 82.8 cm³/mol. The van der Waals surface area contributed by atoms with Crippen molar-refractivity contribution in [1.82, 2.24) is 0 Å². The van der Waals surface area contributed by atoms with Crippen LogP contribution >= 0.6 is 8.25 Å². The fraction of sp³-hybridized carbons (Fsp3) is 0.143. The molecule has 24 heavy (non-hydrogen) atoms. The molecule has 4 N–H and O–H groups in total. The summed E-state index contributed by atoms with van der Waals surface area (Å²) in [6, 6.07) is 6.01. The van der Waals surface area contributed by atoms with Gasteiger partial charge in [0.25, 0.3) is 0 Å². The van der Waals surface area contributed by atoms with Gasteiger partial charge in [-0.3, -0.25) is 0 Å². The third-order valence-electron chi connectivity index (χ3n) is 3.36. The van der Waals surface area contributed by atoms with Gasteiger partial charge in [0.15, 0.2) is 23.0 Å². The highest BCUT2D eigenvalue weighted by atomic mass is 31.1. The molecule has 10 heteroatoms. The summed E-state index contributed by atoms with van der Waals surface area (Å²) >= 11 is 0. The summed E-state index contributed by atoms with van der Waals surface area (Å²) in [6.07, 6.45) is 0. The third-order valence-corrected chi connectivity index (χ3v) is 4.05. The highest BCUT2D eigenvalue weighted by Gasteiger charge is 2.30. The van der Waals surface area contributed by atoms with E-state index in [4.69, 9.17) is 39.5 Å². The summed E-state index contributed by atoms with van der Waals surface area (Å²) in [7, 11) is -2.58. The number of nitrogen functional groups attached to an aromatic ring is 2. The first kappa shape index (κ1) is 14.5. The molecule has 4 rings (SSSR count). The molecule has 0 spiro atoms. The Morgan fingerprint density at radius 2 is 1.12 bits per heavy atom. The molecule has 2 aliphatic rings. The smallest absolute Gasteiger partial charge is 0.454 e. The van der Waals surface area contributed by atoms with Crippen LogP contribution in [0.3, 0.4) is 0 Å². The van der Waals surface area contributed by atoms with Gasteiger partial charge in [0, 0.05) is 28.8 Å². The van der Waals surface area contributed by atoms with Crippen LogP contribution in [0.25, 0.3) is 0 Å². The first-order valence-electron chi connectivity index (χ1n) is 6.81. The zero-order valence-electron chi connectivity index (χ0n) is 12.2. The van der Waals surface area contributed by atoms with Crippen molar-refractivity contribution in [3.8, 4) is 34.5 Å². The van der Waals surface area contributed by atoms with Gasteiger partial charge in [-0.05, 0) is 0 Å². The van der Waals surface area contributed by atoms with Gasteiger partial charge in [0.05, 0.1) is 11.4 Å². The molecule has 2 aliphatic heterocycles. The average molecular weight is 351 g/mol. The van der Waals surface area contributed by atoms with Crippen LogP contribution in [0.5, 0.6) is 34.5 Å². The Labute approximate surface area is 136 Å². The van der Waals surface area contributed by atoms with E-state index >= 15 is 0 Å². The number of rotatable bonds is 4. The number of nitrogens with two attached hydrogens (primary N) is 2. The SMILES string of the molecule is Nc1cc2c(cc1O[P+](=O)Oc1cc3c(cc1N)OCO3)OCO2. The second-order valence-corrected chi connectivity index (χ2v) is 5.71. The maximum absolute atomic E-state index is 12.1. The molecule has 0 saturated heterocycles. The summed E-state index contributed by atoms with van der Waals surface area (Å²) in [6.45, 7) is 0.184. The highest BCUT2D eigenvalue weighted by Crippen LogP contribution is 2.45. The maximum atomic E-state index is 12.1. The van der Waals surface area contributed by atoms with Crippen LogP contribution in [0.1, 0.15) is 0 Å². The van der Waals surface area contributed by atoms with Crippen molar-refractivity contribution >= 4 is 19.6 Å². The van der Waals surface area contributed by atoms with Crippen LogP contribution < -0.4 is 39.5 Å². The first-order valence-corrected chi connectivity index (χ1v) is 7.91. The topological polar surface area (TPSA) is 124 Å². The summed E-state index contributed by atoms with van der Waals surface area (Å²) in [5, 5.41) is 0. The Morgan fingerprint density at radius 3 is 1.54 bits per heavy atom. The van der Waals surface area contributed by atoms with Crippen LogP contribution in [0.2, 0.25) is 0 Å². The molecule has 0 saturated carbocycles. The standard InChI is InChI=1S/C14H12N2O7P/c15-7-1-11-13(20-5-18-11)3-9(7)22-24(17)23-10-4-14-12(2-8(10)16)19-6-21-14/h1-4H,5-6,15-16H2/q+1. The number of ether oxygens (including phenoxy) is 4. The summed E-state index contributed by atoms with van der Waals surface area (Å²) < 4.78 is 43.4. The number of hydrogen-bond donors (Lipinski definition) is 2. The average Bonchev–Trinajstić information content (AvgIpc) is 3.16. The minimum absolute atomic E-state index is 0.0919. The minimum Gasteiger partial charge on any atom is -0.454 e. The quantitative estimate of drug-likeness (QED) is 0.631. The van der Waals surface area contributed by atoms with Gasteiger partial charge in [0.1, 0.15) is 0 Å². The maximum Gasteiger partial charge on any atom is 0.805 e. The van der Waals surface area contributed by atoms with Gasteiger partial charge in [-0.2, -0.15) is 0 Å². The summed E-state index contributed by atoms with van der Waals surface area (Å²) in [4.78, 5) is 0. The van der Waals surface area contributed by atoms with Crippen molar-refractivity contribution in [2.24, 2.45) is 0 Å². The zero-order chi connectivity index (χ0) is 16.7. The van der Waals surface area contributed by atoms with E-state index in [0.29, 0.717) is 23.0 Å². The monoisotopic (exact) mass is 351 g/mol. The van der Waals surface area contributed by atoms with E-state index in [9.17, 15) is 4.57 Å². The van der Waals surface area contributed by atoms with E-state index in [0.717, 1.165) is 0 Å². The lowest BCUT2D eigenvalue weighted by molar-refractivity contribution is 0.173. The van der Waals surface area contributed by atoms with Crippen LogP contribution in [0.4, 0.5) is 11.4 Å². The molecule has 2 aromatic rings. The van der Waals surface area contributed by atoms with Crippen LogP contribution in [0, 0.1) is 0 Å². The fourth-order valence-electron chi connectivity index (χ4n) is 2.22. The second kappa shape index (κ2) is 5.54. The van der Waals surface area contributed by atoms with Crippen molar-refractivity contribution in [2.75, 3.05) is 25.1 Å². The summed E-state index contributed by atoms with van der Waals surface area (Å²) in [5.41, 5.74) is 12.1. The van der Waals surface area contributed by atoms with Crippen LogP contribution in [0.15, 0.2) is 24.3 Å². The fourth-order valence-corrected chi connectivity index (χ4v) is 2.89. The second-order valence-electron chi connectivity index (χ2n) is 4.89. The predicted octanol–water partition coefficient (Wildman–Crippen LogP) is 2.42. The third kappa shape index (κ3) is 2.55. The molecule has 2 heterocycles. The molecule has 0 unspecified atom stereocenters. The van der Waals surface area contributed by atoms with E-state index in [1.165, 1.54) is 24.3 Å². The van der Waals surface area contributed by atoms with Gasteiger partial charge in [-0.15, -0.1) is 0 Å². The number of fused-ring (bicyclic) bond motifs is 2. The van der Waals surface area contributed by atoms with Crippen molar-refractivity contribution in [3.05, 3.63) is 24.3 Å². The number of hydrogen-bond acceptors (Lipinski definition) is 9. The molecule has 0 atom stereocenters. The number of anilines is 2. The molecule has 0 amide bonds. The van der Waals surface area contributed by atoms with E-state index in [1.807, 2.05) is 0 Å². The Balaban J connectivity index is 1.52. The largest absolute Gasteiger partial charge is 0.805 e. The van der Waals surface area contributed by atoms with Gasteiger partial charge < -0.3 is 30.4 Å². The van der Waals surface area contributed by atoms with Crippen LogP contribution in [-0.2, 0) is 4.57 Å². The van der Waals surface area contributed by atoms with Gasteiger partial charge >= 0.3 is 8.25 Å². The minimum atomic E-state index is -2.58. The molecule has 124 valence electrons. The normalized spacial score (nSPS) is 13.7. The van der Waals surface area contributed by atoms with Crippen molar-refractivity contribution in [1.29, 1.82) is 0 Å². The van der Waals surface area contributed by atoms with E-state index in [1.54, 1.807) is 0 Å². The molecular formula is C14H12N2O7P+. The highest BCUT2D eigenvalue weighted by molar-refractivity contribution is 7.34. The van der Waals surface area contributed by atoms with Crippen LogP contribution in [-0.4, -0.2) is 13.6 Å². The molecule has 0 radical (unpaired) electrons. The molecule has 0 aliphatic carbocycles. The Bertz CT molecular complexity index is 775. The summed E-state index contributed by atoms with van der Waals surface area (Å²) in [5.74, 6) is 2.20. The lowest BCUT2D eigenvalue weighted by Gasteiger charge is -2.03. The van der Waals surface area contributed by atoms with E-state index < -0.39 is 8.25 Å². The molecule has 0 aromatic heterocycles. The van der Waals surface area contributed by atoms with Crippen molar-refractivity contribution in [2.45, 2.75) is 0 Å². The van der Waals surface area contributed by atoms with Gasteiger partial charge in [0.2, 0.25) is 25.1 Å². The lowest BCUT2D eigenvalue weighted by atomic mass is 10.2. The molecule has 0 bridgehead atoms.